The predicted molar refractivity (Wildman–Crippen MR) is 66.6 cm³/mol. The van der Waals surface area contributed by atoms with Crippen LogP contribution in [0.4, 0.5) is 5.69 Å². The zero-order valence-corrected chi connectivity index (χ0v) is 10.3. The first-order valence-corrected chi connectivity index (χ1v) is 5.73. The minimum Gasteiger partial charge on any atom is -0.495 e. The van der Waals surface area contributed by atoms with Crippen molar-refractivity contribution in [3.05, 3.63) is 24.3 Å². The molecule has 0 unspecified atom stereocenters. The molecular formula is C13H19NO3. The molecule has 1 aliphatic heterocycles. The third-order valence-electron chi connectivity index (χ3n) is 3.22. The van der Waals surface area contributed by atoms with Crippen molar-refractivity contribution in [3.8, 4) is 5.75 Å². The molecule has 4 heteroatoms. The largest absolute Gasteiger partial charge is 0.495 e. The van der Waals surface area contributed by atoms with E-state index in [-0.39, 0.29) is 12.0 Å². The van der Waals surface area contributed by atoms with Gasteiger partial charge in [-0.25, -0.2) is 0 Å². The number of hydrogen-bond donors (Lipinski definition) is 1. The summed E-state index contributed by atoms with van der Waals surface area (Å²) in [6.45, 7) is 2.18. The maximum atomic E-state index is 9.42. The first-order chi connectivity index (χ1) is 8.21. The fraction of sp³-hybridized carbons (Fsp3) is 0.538. The molecule has 0 radical (unpaired) electrons. The van der Waals surface area contributed by atoms with Crippen LogP contribution in [0.25, 0.3) is 0 Å². The smallest absolute Gasteiger partial charge is 0.142 e. The molecule has 1 heterocycles. The lowest BCUT2D eigenvalue weighted by Gasteiger charge is -2.43. The van der Waals surface area contributed by atoms with E-state index in [1.54, 1.807) is 7.11 Å². The predicted octanol–water partition coefficient (Wildman–Crippen LogP) is 1.14. The highest BCUT2D eigenvalue weighted by Gasteiger charge is 2.39. The van der Waals surface area contributed by atoms with Crippen LogP contribution in [0, 0.1) is 5.41 Å². The average Bonchev–Trinajstić information content (AvgIpc) is 2.33. The Bertz CT molecular complexity index is 371. The van der Waals surface area contributed by atoms with E-state index in [1.165, 1.54) is 0 Å². The van der Waals surface area contributed by atoms with Gasteiger partial charge in [0.05, 0.1) is 38.0 Å². The van der Waals surface area contributed by atoms with E-state index < -0.39 is 0 Å². The van der Waals surface area contributed by atoms with Crippen molar-refractivity contribution in [2.24, 2.45) is 5.41 Å². The van der Waals surface area contributed by atoms with Crippen LogP contribution >= 0.6 is 0 Å². The lowest BCUT2D eigenvalue weighted by molar-refractivity contribution is -0.130. The molecule has 1 fully saturated rings. The third-order valence-corrected chi connectivity index (χ3v) is 3.22. The number of ether oxygens (including phenoxy) is 2. The van der Waals surface area contributed by atoms with Crippen LogP contribution in [0.5, 0.6) is 5.75 Å². The van der Waals surface area contributed by atoms with E-state index >= 15 is 0 Å². The lowest BCUT2D eigenvalue weighted by atomic mass is 9.86. The van der Waals surface area contributed by atoms with E-state index in [0.717, 1.165) is 18.0 Å². The number of nitrogens with zero attached hydrogens (tertiary/aromatic N) is 1. The molecule has 0 atom stereocenters. The number of benzene rings is 1. The number of hydrogen-bond acceptors (Lipinski definition) is 4. The number of methoxy groups -OCH3 is 1. The van der Waals surface area contributed by atoms with E-state index in [9.17, 15) is 5.11 Å². The molecule has 0 bridgehead atoms. The van der Waals surface area contributed by atoms with E-state index in [1.807, 2.05) is 31.3 Å². The molecular weight excluding hydrogens is 218 g/mol. The Balaban J connectivity index is 2.11. The molecule has 0 saturated carbocycles. The van der Waals surface area contributed by atoms with E-state index in [4.69, 9.17) is 9.47 Å². The molecule has 1 N–H and O–H groups in total. The van der Waals surface area contributed by atoms with Crippen molar-refractivity contribution in [2.75, 3.05) is 45.4 Å². The molecule has 0 spiro atoms. The first kappa shape index (κ1) is 12.2. The minimum atomic E-state index is -0.115. The van der Waals surface area contributed by atoms with Crippen LogP contribution in [0.15, 0.2) is 24.3 Å². The van der Waals surface area contributed by atoms with Crippen LogP contribution in [0.1, 0.15) is 0 Å². The second-order valence-electron chi connectivity index (χ2n) is 4.68. The van der Waals surface area contributed by atoms with Gasteiger partial charge in [0, 0.05) is 13.6 Å². The molecule has 2 rings (SSSR count). The fourth-order valence-electron chi connectivity index (χ4n) is 2.16. The van der Waals surface area contributed by atoms with Crippen LogP contribution in [0.2, 0.25) is 0 Å². The van der Waals surface area contributed by atoms with Gasteiger partial charge in [-0.2, -0.15) is 0 Å². The molecule has 94 valence electrons. The minimum absolute atomic E-state index is 0.115. The van der Waals surface area contributed by atoms with Crippen LogP contribution in [-0.4, -0.2) is 45.6 Å². The van der Waals surface area contributed by atoms with E-state index in [2.05, 4.69) is 4.90 Å². The summed E-state index contributed by atoms with van der Waals surface area (Å²) in [5.41, 5.74) is 0.921. The Hall–Kier alpha value is -1.26. The maximum absolute atomic E-state index is 9.42. The van der Waals surface area contributed by atoms with Gasteiger partial charge in [-0.05, 0) is 12.1 Å². The topological polar surface area (TPSA) is 41.9 Å². The Morgan fingerprint density at radius 2 is 2.12 bits per heavy atom. The normalized spacial score (nSPS) is 17.4. The third kappa shape index (κ3) is 2.37. The van der Waals surface area contributed by atoms with Gasteiger partial charge in [-0.3, -0.25) is 0 Å². The van der Waals surface area contributed by atoms with Gasteiger partial charge in [-0.1, -0.05) is 12.1 Å². The van der Waals surface area contributed by atoms with Crippen molar-refractivity contribution in [2.45, 2.75) is 0 Å². The van der Waals surface area contributed by atoms with E-state index in [0.29, 0.717) is 13.2 Å². The second-order valence-corrected chi connectivity index (χ2v) is 4.68. The summed E-state index contributed by atoms with van der Waals surface area (Å²) in [4.78, 5) is 2.11. The monoisotopic (exact) mass is 237 g/mol. The van der Waals surface area contributed by atoms with Gasteiger partial charge in [0.25, 0.3) is 0 Å². The summed E-state index contributed by atoms with van der Waals surface area (Å²) in [5.74, 6) is 0.850. The van der Waals surface area contributed by atoms with Crippen LogP contribution in [0.3, 0.4) is 0 Å². The van der Waals surface area contributed by atoms with Crippen molar-refractivity contribution in [3.63, 3.8) is 0 Å². The number of aliphatic hydroxyl groups excluding tert-OH is 1. The highest BCUT2D eigenvalue weighted by Crippen LogP contribution is 2.32. The average molecular weight is 237 g/mol. The van der Waals surface area contributed by atoms with Crippen LogP contribution in [-0.2, 0) is 4.74 Å². The molecule has 0 aliphatic carbocycles. The summed E-state index contributed by atoms with van der Waals surface area (Å²) in [7, 11) is 3.68. The van der Waals surface area contributed by atoms with Crippen molar-refractivity contribution >= 4 is 5.69 Å². The lowest BCUT2D eigenvalue weighted by Crippen LogP contribution is -2.52. The standard InChI is InChI=1S/C13H19NO3/c1-14(7-13(8-15)9-17-10-13)11-5-3-4-6-12(11)16-2/h3-6,15H,7-10H2,1-2H3. The zero-order valence-electron chi connectivity index (χ0n) is 10.3. The summed E-state index contributed by atoms with van der Waals surface area (Å²) in [5, 5.41) is 9.42. The van der Waals surface area contributed by atoms with Gasteiger partial charge in [0.2, 0.25) is 0 Å². The molecule has 17 heavy (non-hydrogen) atoms. The highest BCUT2D eigenvalue weighted by molar-refractivity contribution is 5.58. The number of anilines is 1. The molecule has 1 aromatic rings. The molecule has 0 amide bonds. The van der Waals surface area contributed by atoms with Crippen molar-refractivity contribution < 1.29 is 14.6 Å². The Morgan fingerprint density at radius 3 is 2.65 bits per heavy atom. The highest BCUT2D eigenvalue weighted by atomic mass is 16.5. The summed E-state index contributed by atoms with van der Waals surface area (Å²) in [6.07, 6.45) is 0. The SMILES string of the molecule is COc1ccccc1N(C)CC1(CO)COC1. The number of para-hydroxylation sites is 2. The Labute approximate surface area is 102 Å². The summed E-state index contributed by atoms with van der Waals surface area (Å²) >= 11 is 0. The summed E-state index contributed by atoms with van der Waals surface area (Å²) in [6, 6.07) is 7.89. The quantitative estimate of drug-likeness (QED) is 0.834. The van der Waals surface area contributed by atoms with Gasteiger partial charge in [0.15, 0.2) is 0 Å². The summed E-state index contributed by atoms with van der Waals surface area (Å²) < 4.78 is 10.5. The van der Waals surface area contributed by atoms with Crippen molar-refractivity contribution in [1.29, 1.82) is 0 Å². The maximum Gasteiger partial charge on any atom is 0.142 e. The number of rotatable bonds is 5. The second kappa shape index (κ2) is 4.94. The van der Waals surface area contributed by atoms with Gasteiger partial charge in [-0.15, -0.1) is 0 Å². The molecule has 4 nitrogen and oxygen atoms in total. The first-order valence-electron chi connectivity index (χ1n) is 5.73. The van der Waals surface area contributed by atoms with Gasteiger partial charge in [0.1, 0.15) is 5.75 Å². The number of aliphatic hydroxyl groups is 1. The van der Waals surface area contributed by atoms with Gasteiger partial charge < -0.3 is 19.5 Å². The van der Waals surface area contributed by atoms with Crippen molar-refractivity contribution in [1.82, 2.24) is 0 Å². The Kier molecular flexibility index (Phi) is 3.54. The molecule has 1 aliphatic rings. The zero-order chi connectivity index (χ0) is 12.3. The van der Waals surface area contributed by atoms with Gasteiger partial charge >= 0.3 is 0 Å². The van der Waals surface area contributed by atoms with Crippen LogP contribution < -0.4 is 9.64 Å². The molecule has 1 aromatic carbocycles. The Morgan fingerprint density at radius 1 is 1.41 bits per heavy atom. The fourth-order valence-corrected chi connectivity index (χ4v) is 2.16. The molecule has 1 saturated heterocycles. The molecule has 0 aromatic heterocycles.